The number of thiophene rings is 1. The van der Waals surface area contributed by atoms with Crippen LogP contribution >= 0.6 is 11.3 Å². The Bertz CT molecular complexity index is 3670. The van der Waals surface area contributed by atoms with Gasteiger partial charge in [-0.05, 0) is 125 Å². The lowest BCUT2D eigenvalue weighted by Gasteiger charge is -2.19. The van der Waals surface area contributed by atoms with Crippen LogP contribution in [0.25, 0.3) is 119 Å². The molecule has 10 aromatic carbocycles. The molecule has 0 fully saturated rings. The fourth-order valence-electron chi connectivity index (χ4n) is 10.2. The Morgan fingerprint density at radius 1 is 0.443 bits per heavy atom. The highest BCUT2D eigenvalue weighted by atomic mass is 32.1. The Morgan fingerprint density at radius 3 is 1.56 bits per heavy atom. The Labute approximate surface area is 357 Å². The van der Waals surface area contributed by atoms with Crippen molar-refractivity contribution < 1.29 is 4.42 Å². The van der Waals surface area contributed by atoms with Gasteiger partial charge in [0.1, 0.15) is 11.3 Å². The summed E-state index contributed by atoms with van der Waals surface area (Å²) in [7, 11) is 0. The molecule has 286 valence electrons. The summed E-state index contributed by atoms with van der Waals surface area (Å²) in [5, 5.41) is 13.5. The van der Waals surface area contributed by atoms with Gasteiger partial charge in [-0.3, -0.25) is 0 Å². The molecular formula is C59H38OS. The second-order valence-electron chi connectivity index (χ2n) is 15.8. The van der Waals surface area contributed by atoms with E-state index in [1.165, 1.54) is 96.6 Å². The number of fused-ring (bicyclic) bond motifs is 8. The van der Waals surface area contributed by atoms with Crippen LogP contribution in [-0.4, -0.2) is 0 Å². The van der Waals surface area contributed by atoms with Gasteiger partial charge >= 0.3 is 0 Å². The van der Waals surface area contributed by atoms with Gasteiger partial charge in [0.25, 0.3) is 0 Å². The topological polar surface area (TPSA) is 13.1 Å². The van der Waals surface area contributed by atoms with Crippen LogP contribution in [0.15, 0.2) is 205 Å². The fraction of sp³-hybridized carbons (Fsp3) is 0.0169. The van der Waals surface area contributed by atoms with E-state index in [1.54, 1.807) is 0 Å². The Balaban J connectivity index is 1.09. The van der Waals surface area contributed by atoms with E-state index in [2.05, 4.69) is 208 Å². The summed E-state index contributed by atoms with van der Waals surface area (Å²) >= 11 is 1.87. The van der Waals surface area contributed by atoms with Gasteiger partial charge < -0.3 is 4.42 Å². The summed E-state index contributed by atoms with van der Waals surface area (Å²) in [6.07, 6.45) is 4.12. The van der Waals surface area contributed by atoms with Crippen molar-refractivity contribution in [1.29, 1.82) is 0 Å². The van der Waals surface area contributed by atoms with Crippen LogP contribution < -0.4 is 0 Å². The molecule has 12 rings (SSSR count). The Morgan fingerprint density at radius 2 is 0.951 bits per heavy atom. The minimum Gasteiger partial charge on any atom is -0.456 e. The maximum atomic E-state index is 6.87. The lowest BCUT2D eigenvalue weighted by Crippen LogP contribution is -1.96. The first-order valence-electron chi connectivity index (χ1n) is 20.9. The van der Waals surface area contributed by atoms with Gasteiger partial charge in [-0.2, -0.15) is 0 Å². The number of hydrogen-bond donors (Lipinski definition) is 0. The Hall–Kier alpha value is -7.52. The third kappa shape index (κ3) is 5.32. The average molecular weight is 795 g/mol. The largest absolute Gasteiger partial charge is 0.456 e. The van der Waals surface area contributed by atoms with Crippen molar-refractivity contribution in [1.82, 2.24) is 0 Å². The first kappa shape index (κ1) is 35.4. The van der Waals surface area contributed by atoms with Crippen molar-refractivity contribution in [3.05, 3.63) is 218 Å². The van der Waals surface area contributed by atoms with Gasteiger partial charge in [-0.25, -0.2) is 0 Å². The zero-order chi connectivity index (χ0) is 40.6. The minimum atomic E-state index is 0.765. The average Bonchev–Trinajstić information content (AvgIpc) is 3.89. The van der Waals surface area contributed by atoms with Crippen molar-refractivity contribution in [3.63, 3.8) is 0 Å². The highest BCUT2D eigenvalue weighted by Gasteiger charge is 2.25. The summed E-state index contributed by atoms with van der Waals surface area (Å²) in [5.74, 6) is 0.765. The van der Waals surface area contributed by atoms with Gasteiger partial charge in [0, 0.05) is 31.1 Å². The van der Waals surface area contributed by atoms with E-state index in [1.807, 2.05) is 17.4 Å². The van der Waals surface area contributed by atoms with Crippen molar-refractivity contribution in [2.45, 2.75) is 6.92 Å². The van der Waals surface area contributed by atoms with Crippen molar-refractivity contribution in [3.8, 4) is 33.4 Å². The highest BCUT2D eigenvalue weighted by molar-refractivity contribution is 7.26. The summed E-state index contributed by atoms with van der Waals surface area (Å²) in [6.45, 7) is 6.44. The fourth-order valence-corrected chi connectivity index (χ4v) is 11.3. The maximum Gasteiger partial charge on any atom is 0.136 e. The van der Waals surface area contributed by atoms with Crippen molar-refractivity contribution in [2.75, 3.05) is 0 Å². The third-order valence-corrected chi connectivity index (χ3v) is 13.8. The van der Waals surface area contributed by atoms with Crippen LogP contribution in [0, 0.1) is 0 Å². The van der Waals surface area contributed by atoms with Crippen LogP contribution in [0.4, 0.5) is 0 Å². The number of furan rings is 1. The molecule has 0 aliphatic carbocycles. The summed E-state index contributed by atoms with van der Waals surface area (Å²) in [4.78, 5) is 0. The van der Waals surface area contributed by atoms with Crippen molar-refractivity contribution >= 4 is 97.2 Å². The molecule has 0 atom stereocenters. The highest BCUT2D eigenvalue weighted by Crippen LogP contribution is 2.50. The monoisotopic (exact) mass is 794 g/mol. The van der Waals surface area contributed by atoms with Gasteiger partial charge in [-0.15, -0.1) is 11.3 Å². The van der Waals surface area contributed by atoms with Crippen LogP contribution in [0.5, 0.6) is 0 Å². The molecule has 0 unspecified atom stereocenters. The first-order valence-corrected chi connectivity index (χ1v) is 21.7. The van der Waals surface area contributed by atoms with Crippen LogP contribution in [-0.2, 0) is 0 Å². The predicted octanol–water partition coefficient (Wildman–Crippen LogP) is 17.5. The van der Waals surface area contributed by atoms with Crippen LogP contribution in [0.2, 0.25) is 0 Å². The van der Waals surface area contributed by atoms with Crippen molar-refractivity contribution in [2.24, 2.45) is 0 Å². The summed E-state index contributed by atoms with van der Waals surface area (Å²) in [6, 6.07) is 68.6. The van der Waals surface area contributed by atoms with E-state index >= 15 is 0 Å². The minimum absolute atomic E-state index is 0.765. The van der Waals surface area contributed by atoms with E-state index < -0.39 is 0 Å². The van der Waals surface area contributed by atoms with Crippen LogP contribution in [0.3, 0.4) is 0 Å². The molecule has 0 saturated carbocycles. The molecule has 1 nitrogen and oxygen atoms in total. The molecule has 2 heteroatoms. The molecule has 2 heterocycles. The SMILES string of the molecule is C=Cc1oc2cc(-c3c4ccccc4c(-c4cccc5sc6ccccc6c45)c4ccccc34)ccc2c1/C(=C\C)c1c2ccccc2c(-c2ccccc2)c2ccccc12. The lowest BCUT2D eigenvalue weighted by molar-refractivity contribution is 0.603. The van der Waals surface area contributed by atoms with E-state index in [9.17, 15) is 0 Å². The van der Waals surface area contributed by atoms with E-state index in [0.29, 0.717) is 0 Å². The summed E-state index contributed by atoms with van der Waals surface area (Å²) in [5.41, 5.74) is 11.5. The molecule has 0 bridgehead atoms. The first-order chi connectivity index (χ1) is 30.2. The molecular weight excluding hydrogens is 757 g/mol. The van der Waals surface area contributed by atoms with Gasteiger partial charge in [0.05, 0.1) is 0 Å². The molecule has 0 aliphatic heterocycles. The number of rotatable bonds is 6. The molecule has 0 saturated heterocycles. The molecule has 0 spiro atoms. The zero-order valence-corrected chi connectivity index (χ0v) is 34.4. The van der Waals surface area contributed by atoms with Crippen LogP contribution in [0.1, 0.15) is 23.8 Å². The molecule has 0 amide bonds. The molecule has 12 aromatic rings. The van der Waals surface area contributed by atoms with E-state index in [-0.39, 0.29) is 0 Å². The standard InChI is InChI=1S/C59H38OS/c1-3-38(56-43-25-12-8-21-39(43)54(36-19-6-5-7-20-36)40-22-9-13-26-44(40)56)58-47-34-33-37(35-51(47)60-50(58)4-2)55-41-23-10-14-27-45(41)57(46-28-15-11-24-42(46)55)49-30-18-32-53-59(49)48-29-16-17-31-52(48)61-53/h3-35H,2H2,1H3/b38-3-. The molecule has 0 N–H and O–H groups in total. The Kier molecular flexibility index (Phi) is 8.16. The third-order valence-electron chi connectivity index (χ3n) is 12.6. The molecule has 0 radical (unpaired) electrons. The zero-order valence-electron chi connectivity index (χ0n) is 33.6. The smallest absolute Gasteiger partial charge is 0.136 e. The van der Waals surface area contributed by atoms with E-state index in [4.69, 9.17) is 4.42 Å². The second-order valence-corrected chi connectivity index (χ2v) is 16.9. The molecule has 61 heavy (non-hydrogen) atoms. The molecule has 0 aliphatic rings. The quantitative estimate of drug-likeness (QED) is 0.153. The lowest BCUT2D eigenvalue weighted by atomic mass is 9.83. The van der Waals surface area contributed by atoms with Gasteiger partial charge in [0.15, 0.2) is 0 Å². The number of hydrogen-bond acceptors (Lipinski definition) is 2. The van der Waals surface area contributed by atoms with E-state index in [0.717, 1.165) is 33.4 Å². The number of benzene rings is 10. The predicted molar refractivity (Wildman–Crippen MR) is 265 cm³/mol. The normalized spacial score (nSPS) is 12.2. The number of allylic oxidation sites excluding steroid dienone is 1. The maximum absolute atomic E-state index is 6.87. The molecule has 2 aromatic heterocycles. The van der Waals surface area contributed by atoms with Gasteiger partial charge in [0.2, 0.25) is 0 Å². The second kappa shape index (κ2) is 14.1. The van der Waals surface area contributed by atoms with Gasteiger partial charge in [-0.1, -0.05) is 176 Å². The summed E-state index contributed by atoms with van der Waals surface area (Å²) < 4.78 is 9.49.